The van der Waals surface area contributed by atoms with Crippen LogP contribution in [0, 0.1) is 5.82 Å². The quantitative estimate of drug-likeness (QED) is 0.458. The van der Waals surface area contributed by atoms with Gasteiger partial charge in [0.05, 0.1) is 6.10 Å². The number of nitrogens with zero attached hydrogens (tertiary/aromatic N) is 1. The Morgan fingerprint density at radius 1 is 0.943 bits per heavy atom. The fraction of sp³-hybridized carbons (Fsp3) is 0.310. The number of halogens is 1. The smallest absolute Gasteiger partial charge is 0.247 e. The first-order valence-electron chi connectivity index (χ1n) is 12.1. The topological polar surface area (TPSA) is 58.6 Å². The molecule has 2 atom stereocenters. The van der Waals surface area contributed by atoms with Crippen LogP contribution in [-0.4, -0.2) is 36.0 Å². The molecule has 6 heteroatoms. The Balaban J connectivity index is 1.60. The van der Waals surface area contributed by atoms with Gasteiger partial charge in [0.15, 0.2) is 0 Å². The summed E-state index contributed by atoms with van der Waals surface area (Å²) in [5, 5.41) is 3.01. The number of amides is 2. The van der Waals surface area contributed by atoms with Gasteiger partial charge in [-0.15, -0.1) is 0 Å². The summed E-state index contributed by atoms with van der Waals surface area (Å²) in [6.45, 7) is 1.31. The Labute approximate surface area is 205 Å². The highest BCUT2D eigenvalue weighted by atomic mass is 19.1. The molecule has 0 saturated carbocycles. The molecule has 0 bridgehead atoms. The van der Waals surface area contributed by atoms with Crippen molar-refractivity contribution in [2.45, 2.75) is 44.4 Å². The highest BCUT2D eigenvalue weighted by Gasteiger charge is 2.32. The zero-order valence-electron chi connectivity index (χ0n) is 19.7. The van der Waals surface area contributed by atoms with E-state index in [1.54, 1.807) is 17.0 Å². The number of aryl methyl sites for hydroxylation is 1. The summed E-state index contributed by atoms with van der Waals surface area (Å²) in [4.78, 5) is 28.8. The van der Waals surface area contributed by atoms with Crippen LogP contribution in [0.25, 0.3) is 0 Å². The maximum absolute atomic E-state index is 13.6. The standard InChI is InChI=1S/C29H31FN2O3/c30-25-16-13-23(14-17-25)21-32(27(33)18-15-22-8-3-1-4-9-22)28(24-10-5-2-6-11-24)29(34)31-20-26-12-7-19-35-26/h1-6,8-11,13-14,16-17,26,28H,7,12,15,18-21H2,(H,31,34)/t26-,28+/m1/s1. The molecular formula is C29H31FN2O3. The van der Waals surface area contributed by atoms with Crippen LogP contribution in [0.15, 0.2) is 84.9 Å². The fourth-order valence-corrected chi connectivity index (χ4v) is 4.37. The van der Waals surface area contributed by atoms with Crippen LogP contribution in [0.4, 0.5) is 4.39 Å². The Bertz CT molecular complexity index is 1080. The van der Waals surface area contributed by atoms with Crippen molar-refractivity contribution in [3.63, 3.8) is 0 Å². The van der Waals surface area contributed by atoms with Gasteiger partial charge in [-0.25, -0.2) is 4.39 Å². The molecule has 1 N–H and O–H groups in total. The van der Waals surface area contributed by atoms with Gasteiger partial charge in [-0.2, -0.15) is 0 Å². The predicted molar refractivity (Wildman–Crippen MR) is 133 cm³/mol. The van der Waals surface area contributed by atoms with Crippen molar-refractivity contribution in [3.05, 3.63) is 107 Å². The van der Waals surface area contributed by atoms with Crippen molar-refractivity contribution in [1.82, 2.24) is 10.2 Å². The van der Waals surface area contributed by atoms with Gasteiger partial charge in [0, 0.05) is 26.1 Å². The summed E-state index contributed by atoms with van der Waals surface area (Å²) in [7, 11) is 0. The number of benzene rings is 3. The van der Waals surface area contributed by atoms with E-state index < -0.39 is 6.04 Å². The number of carbonyl (C=O) groups is 2. The third-order valence-corrected chi connectivity index (χ3v) is 6.26. The Morgan fingerprint density at radius 3 is 2.29 bits per heavy atom. The number of rotatable bonds is 10. The van der Waals surface area contributed by atoms with Crippen molar-refractivity contribution in [3.8, 4) is 0 Å². The van der Waals surface area contributed by atoms with Crippen LogP contribution in [0.5, 0.6) is 0 Å². The maximum Gasteiger partial charge on any atom is 0.247 e. The molecule has 0 spiro atoms. The van der Waals surface area contributed by atoms with Crippen molar-refractivity contribution < 1.29 is 18.7 Å². The molecule has 5 nitrogen and oxygen atoms in total. The number of hydrogen-bond acceptors (Lipinski definition) is 3. The van der Waals surface area contributed by atoms with Crippen molar-refractivity contribution in [2.75, 3.05) is 13.2 Å². The second kappa shape index (κ2) is 12.3. The van der Waals surface area contributed by atoms with Crippen molar-refractivity contribution in [2.24, 2.45) is 0 Å². The van der Waals surface area contributed by atoms with E-state index in [0.717, 1.165) is 29.5 Å². The van der Waals surface area contributed by atoms with Crippen LogP contribution < -0.4 is 5.32 Å². The third kappa shape index (κ3) is 6.99. The van der Waals surface area contributed by atoms with E-state index >= 15 is 0 Å². The lowest BCUT2D eigenvalue weighted by atomic mass is 10.0. The summed E-state index contributed by atoms with van der Waals surface area (Å²) in [5.41, 5.74) is 2.54. The van der Waals surface area contributed by atoms with Gasteiger partial charge < -0.3 is 15.0 Å². The SMILES string of the molecule is O=C(NC[C@H]1CCCO1)[C@H](c1ccccc1)N(Cc1ccc(F)cc1)C(=O)CCc1ccccc1. The molecule has 0 unspecified atom stereocenters. The fourth-order valence-electron chi connectivity index (χ4n) is 4.37. The molecule has 0 aliphatic carbocycles. The lowest BCUT2D eigenvalue weighted by Gasteiger charge is -2.32. The van der Waals surface area contributed by atoms with Crippen LogP contribution in [-0.2, 0) is 27.3 Å². The van der Waals surface area contributed by atoms with Crippen LogP contribution in [0.1, 0.15) is 42.0 Å². The second-order valence-corrected chi connectivity index (χ2v) is 8.83. The van der Waals surface area contributed by atoms with Crippen LogP contribution in [0.2, 0.25) is 0 Å². The highest BCUT2D eigenvalue weighted by molar-refractivity contribution is 5.88. The van der Waals surface area contributed by atoms with E-state index in [9.17, 15) is 14.0 Å². The molecule has 0 aromatic heterocycles. The van der Waals surface area contributed by atoms with E-state index in [1.165, 1.54) is 12.1 Å². The average molecular weight is 475 g/mol. The Morgan fingerprint density at radius 2 is 1.63 bits per heavy atom. The first kappa shape index (κ1) is 24.6. The van der Waals surface area contributed by atoms with Crippen LogP contribution >= 0.6 is 0 Å². The molecule has 4 rings (SSSR count). The predicted octanol–water partition coefficient (Wildman–Crippen LogP) is 4.82. The first-order chi connectivity index (χ1) is 17.1. The summed E-state index contributed by atoms with van der Waals surface area (Å²) >= 11 is 0. The monoisotopic (exact) mass is 474 g/mol. The van der Waals surface area contributed by atoms with Crippen molar-refractivity contribution in [1.29, 1.82) is 0 Å². The Hall–Kier alpha value is -3.51. The molecule has 2 amide bonds. The molecule has 0 radical (unpaired) electrons. The number of nitrogens with one attached hydrogen (secondary N) is 1. The average Bonchev–Trinajstić information content (AvgIpc) is 3.42. The minimum atomic E-state index is -0.814. The summed E-state index contributed by atoms with van der Waals surface area (Å²) in [6.07, 6.45) is 2.71. The van der Waals surface area contributed by atoms with Gasteiger partial charge in [-0.3, -0.25) is 9.59 Å². The molecule has 182 valence electrons. The molecule has 1 aliphatic rings. The Kier molecular flexibility index (Phi) is 8.63. The summed E-state index contributed by atoms with van der Waals surface area (Å²) in [5.74, 6) is -0.731. The van der Waals surface area contributed by atoms with Gasteiger partial charge >= 0.3 is 0 Å². The molecule has 3 aromatic rings. The van der Waals surface area contributed by atoms with Gasteiger partial charge in [0.25, 0.3) is 0 Å². The van der Waals surface area contributed by atoms with Gasteiger partial charge in [-0.05, 0) is 48.1 Å². The van der Waals surface area contributed by atoms with Gasteiger partial charge in [0.1, 0.15) is 11.9 Å². The van der Waals surface area contributed by atoms with Gasteiger partial charge in [-0.1, -0.05) is 72.8 Å². The number of ether oxygens (including phenoxy) is 1. The molecule has 3 aromatic carbocycles. The highest BCUT2D eigenvalue weighted by Crippen LogP contribution is 2.25. The van der Waals surface area contributed by atoms with E-state index in [-0.39, 0.29) is 36.7 Å². The zero-order chi connectivity index (χ0) is 24.5. The van der Waals surface area contributed by atoms with Crippen LogP contribution in [0.3, 0.4) is 0 Å². The largest absolute Gasteiger partial charge is 0.376 e. The second-order valence-electron chi connectivity index (χ2n) is 8.83. The summed E-state index contributed by atoms with van der Waals surface area (Å²) < 4.78 is 19.2. The van der Waals surface area contributed by atoms with E-state index in [1.807, 2.05) is 60.7 Å². The van der Waals surface area contributed by atoms with E-state index in [4.69, 9.17) is 4.74 Å². The molecular weight excluding hydrogens is 443 g/mol. The minimum Gasteiger partial charge on any atom is -0.376 e. The lowest BCUT2D eigenvalue weighted by molar-refractivity contribution is -0.141. The summed E-state index contributed by atoms with van der Waals surface area (Å²) in [6, 6.07) is 24.4. The van der Waals surface area contributed by atoms with E-state index in [2.05, 4.69) is 5.32 Å². The van der Waals surface area contributed by atoms with E-state index in [0.29, 0.717) is 19.6 Å². The molecule has 1 heterocycles. The molecule has 1 fully saturated rings. The molecule has 1 aliphatic heterocycles. The third-order valence-electron chi connectivity index (χ3n) is 6.26. The van der Waals surface area contributed by atoms with Gasteiger partial charge in [0.2, 0.25) is 11.8 Å². The minimum absolute atomic E-state index is 0.00490. The normalized spacial score (nSPS) is 16.0. The lowest BCUT2D eigenvalue weighted by Crippen LogP contribution is -2.45. The maximum atomic E-state index is 13.6. The number of carbonyl (C=O) groups excluding carboxylic acids is 2. The number of hydrogen-bond donors (Lipinski definition) is 1. The molecule has 35 heavy (non-hydrogen) atoms. The zero-order valence-corrected chi connectivity index (χ0v) is 19.7. The van der Waals surface area contributed by atoms with Crippen molar-refractivity contribution >= 4 is 11.8 Å². The first-order valence-corrected chi connectivity index (χ1v) is 12.1. The molecule has 1 saturated heterocycles.